The molecule has 1 amide bonds. The van der Waals surface area contributed by atoms with Crippen molar-refractivity contribution in [1.82, 2.24) is 24.6 Å². The number of hydrogen-bond acceptors (Lipinski definition) is 5. The second-order valence-corrected chi connectivity index (χ2v) is 7.11. The van der Waals surface area contributed by atoms with Crippen LogP contribution in [0.4, 0.5) is 26.3 Å². The van der Waals surface area contributed by atoms with Gasteiger partial charge >= 0.3 is 12.4 Å². The van der Waals surface area contributed by atoms with Crippen molar-refractivity contribution < 1.29 is 31.1 Å². The molecule has 34 heavy (non-hydrogen) atoms. The summed E-state index contributed by atoms with van der Waals surface area (Å²) in [6.45, 7) is 2.97. The fourth-order valence-corrected chi connectivity index (χ4v) is 3.27. The molecular weight excluding hydrogens is 466 g/mol. The minimum atomic E-state index is -5.08. The van der Waals surface area contributed by atoms with Crippen LogP contribution in [0.25, 0.3) is 5.82 Å². The summed E-state index contributed by atoms with van der Waals surface area (Å²) in [6, 6.07) is 4.70. The number of nitrogens with zero attached hydrogens (tertiary/aromatic N) is 6. The lowest BCUT2D eigenvalue weighted by Gasteiger charge is -2.28. The van der Waals surface area contributed by atoms with E-state index in [0.29, 0.717) is 12.1 Å². The van der Waals surface area contributed by atoms with Crippen LogP contribution in [0.1, 0.15) is 52.8 Å². The number of benzene rings is 1. The Labute approximate surface area is 189 Å². The number of rotatable bonds is 5. The van der Waals surface area contributed by atoms with E-state index in [1.54, 1.807) is 0 Å². The predicted octanol–water partition coefficient (Wildman–Crippen LogP) is 4.79. The summed E-state index contributed by atoms with van der Waals surface area (Å²) in [4.78, 5) is 22.3. The van der Waals surface area contributed by atoms with Crippen molar-refractivity contribution in [2.24, 2.45) is 0 Å². The van der Waals surface area contributed by atoms with Crippen LogP contribution < -0.4 is 0 Å². The lowest BCUT2D eigenvalue weighted by Crippen LogP contribution is -2.35. The Kier molecular flexibility index (Phi) is 6.63. The van der Waals surface area contributed by atoms with E-state index in [1.165, 1.54) is 36.9 Å². The van der Waals surface area contributed by atoms with E-state index in [0.717, 1.165) is 11.2 Å². The number of amides is 1. The highest BCUT2D eigenvalue weighted by Crippen LogP contribution is 2.37. The number of alkyl halides is 6. The van der Waals surface area contributed by atoms with E-state index in [1.807, 2.05) is 6.07 Å². The predicted molar refractivity (Wildman–Crippen MR) is 105 cm³/mol. The van der Waals surface area contributed by atoms with Gasteiger partial charge in [-0.3, -0.25) is 4.79 Å². The Balaban J connectivity index is 2.01. The van der Waals surface area contributed by atoms with Gasteiger partial charge in [-0.2, -0.15) is 41.4 Å². The smallest absolute Gasteiger partial charge is 0.329 e. The molecule has 13 heteroatoms. The molecular formula is C21H16F6N6O. The molecule has 0 aliphatic carbocycles. The minimum Gasteiger partial charge on any atom is -0.329 e. The van der Waals surface area contributed by atoms with Crippen LogP contribution in [0.2, 0.25) is 0 Å². The maximum atomic E-state index is 13.2. The summed E-state index contributed by atoms with van der Waals surface area (Å²) in [5, 5.41) is 12.9. The summed E-state index contributed by atoms with van der Waals surface area (Å²) in [5.74, 6) is -0.635. The van der Waals surface area contributed by atoms with Crippen LogP contribution >= 0.6 is 0 Å². The Morgan fingerprint density at radius 3 is 2.18 bits per heavy atom. The first-order valence-corrected chi connectivity index (χ1v) is 9.73. The fourth-order valence-electron chi connectivity index (χ4n) is 3.27. The Morgan fingerprint density at radius 2 is 1.71 bits per heavy atom. The summed E-state index contributed by atoms with van der Waals surface area (Å²) < 4.78 is 80.6. The van der Waals surface area contributed by atoms with Gasteiger partial charge in [-0.25, -0.2) is 9.97 Å². The zero-order chi connectivity index (χ0) is 25.3. The topological polar surface area (TPSA) is 87.7 Å². The van der Waals surface area contributed by atoms with Crippen molar-refractivity contribution in [3.63, 3.8) is 0 Å². The minimum absolute atomic E-state index is 0.0380. The lowest BCUT2D eigenvalue weighted by atomic mass is 10.0. The van der Waals surface area contributed by atoms with E-state index in [9.17, 15) is 31.1 Å². The van der Waals surface area contributed by atoms with E-state index in [4.69, 9.17) is 5.26 Å². The largest absolute Gasteiger partial charge is 0.416 e. The van der Waals surface area contributed by atoms with Gasteiger partial charge in [-0.05, 0) is 44.2 Å². The van der Waals surface area contributed by atoms with Crippen molar-refractivity contribution in [2.45, 2.75) is 32.2 Å². The van der Waals surface area contributed by atoms with Gasteiger partial charge in [0.25, 0.3) is 5.91 Å². The standard InChI is InChI=1S/C21H16F6N6O/c1-3-32(12(2)18-30-11-31-33(18)17-5-4-13(9-28)10-29-17)19(34)14-6-15(20(22,23)24)8-16(7-14)21(25,26)27/h4-8,10-12H,3H2,1-2H3. The second-order valence-electron chi connectivity index (χ2n) is 7.11. The van der Waals surface area contributed by atoms with Crippen molar-refractivity contribution in [1.29, 1.82) is 5.26 Å². The molecule has 1 unspecified atom stereocenters. The average molecular weight is 482 g/mol. The molecule has 3 rings (SSSR count). The number of carbonyl (C=O) groups excluding carboxylic acids is 1. The number of pyridine rings is 1. The fraction of sp³-hybridized carbons (Fsp3) is 0.286. The molecule has 2 heterocycles. The molecule has 0 saturated heterocycles. The molecule has 0 radical (unpaired) electrons. The first-order valence-electron chi connectivity index (χ1n) is 9.73. The highest BCUT2D eigenvalue weighted by molar-refractivity contribution is 5.95. The molecule has 0 N–H and O–H groups in total. The van der Waals surface area contributed by atoms with Gasteiger partial charge in [-0.15, -0.1) is 0 Å². The molecule has 2 aromatic heterocycles. The Hall–Kier alpha value is -3.95. The monoisotopic (exact) mass is 482 g/mol. The van der Waals surface area contributed by atoms with Gasteiger partial charge in [0, 0.05) is 18.3 Å². The van der Waals surface area contributed by atoms with E-state index < -0.39 is 41.0 Å². The van der Waals surface area contributed by atoms with Crippen LogP contribution in [-0.2, 0) is 12.4 Å². The summed E-state index contributed by atoms with van der Waals surface area (Å²) >= 11 is 0. The summed E-state index contributed by atoms with van der Waals surface area (Å²) in [5.41, 5.74) is -3.65. The van der Waals surface area contributed by atoms with E-state index in [2.05, 4.69) is 15.1 Å². The maximum absolute atomic E-state index is 13.2. The van der Waals surface area contributed by atoms with E-state index >= 15 is 0 Å². The lowest BCUT2D eigenvalue weighted by molar-refractivity contribution is -0.143. The molecule has 178 valence electrons. The molecule has 0 fully saturated rings. The Bertz CT molecular complexity index is 1190. The Morgan fingerprint density at radius 1 is 1.09 bits per heavy atom. The molecule has 7 nitrogen and oxygen atoms in total. The first-order chi connectivity index (χ1) is 15.9. The SMILES string of the molecule is CCN(C(=O)c1cc(C(F)(F)F)cc(C(F)(F)F)c1)C(C)c1ncnn1-c1ccc(C#N)cn1. The maximum Gasteiger partial charge on any atom is 0.416 e. The molecule has 0 aliphatic heterocycles. The van der Waals surface area contributed by atoms with Gasteiger partial charge in [-0.1, -0.05) is 0 Å². The van der Waals surface area contributed by atoms with E-state index in [-0.39, 0.29) is 29.8 Å². The molecule has 0 aliphatic rings. The second kappa shape index (κ2) is 9.12. The zero-order valence-corrected chi connectivity index (χ0v) is 17.7. The molecule has 1 atom stereocenters. The third-order valence-corrected chi connectivity index (χ3v) is 4.95. The number of hydrogen-bond donors (Lipinski definition) is 0. The van der Waals surface area contributed by atoms with Gasteiger partial charge in [0.1, 0.15) is 12.4 Å². The molecule has 0 saturated carbocycles. The number of carbonyl (C=O) groups is 1. The third-order valence-electron chi connectivity index (χ3n) is 4.95. The third kappa shape index (κ3) is 5.00. The van der Waals surface area contributed by atoms with Crippen LogP contribution in [0.15, 0.2) is 42.9 Å². The molecule has 0 spiro atoms. The highest BCUT2D eigenvalue weighted by atomic mass is 19.4. The van der Waals surface area contributed by atoms with Crippen molar-refractivity contribution >= 4 is 5.91 Å². The number of aromatic nitrogens is 4. The van der Waals surface area contributed by atoms with Gasteiger partial charge < -0.3 is 4.90 Å². The van der Waals surface area contributed by atoms with Crippen molar-refractivity contribution in [3.05, 3.63) is 70.9 Å². The van der Waals surface area contributed by atoms with Crippen molar-refractivity contribution in [2.75, 3.05) is 6.54 Å². The molecule has 0 bridgehead atoms. The highest BCUT2D eigenvalue weighted by Gasteiger charge is 2.38. The van der Waals surface area contributed by atoms with Crippen LogP contribution in [0.3, 0.4) is 0 Å². The normalized spacial score (nSPS) is 12.8. The van der Waals surface area contributed by atoms with Gasteiger partial charge in [0.15, 0.2) is 11.6 Å². The van der Waals surface area contributed by atoms with Gasteiger partial charge in [0.2, 0.25) is 0 Å². The quantitative estimate of drug-likeness (QED) is 0.488. The van der Waals surface area contributed by atoms with Crippen LogP contribution in [0.5, 0.6) is 0 Å². The summed E-state index contributed by atoms with van der Waals surface area (Å²) in [6.07, 6.45) is -7.72. The molecule has 3 aromatic rings. The number of nitriles is 1. The average Bonchev–Trinajstić information content (AvgIpc) is 3.28. The zero-order valence-electron chi connectivity index (χ0n) is 17.7. The number of halogens is 6. The van der Waals surface area contributed by atoms with Crippen molar-refractivity contribution in [3.8, 4) is 11.9 Å². The van der Waals surface area contributed by atoms with Crippen LogP contribution in [-0.4, -0.2) is 37.1 Å². The summed E-state index contributed by atoms with van der Waals surface area (Å²) in [7, 11) is 0. The van der Waals surface area contributed by atoms with Gasteiger partial charge in [0.05, 0.1) is 22.7 Å². The van der Waals surface area contributed by atoms with Crippen LogP contribution in [0, 0.1) is 11.3 Å². The first kappa shape index (κ1) is 24.7. The molecule has 1 aromatic carbocycles.